The molecule has 1 heterocycles. The van der Waals surface area contributed by atoms with Crippen molar-refractivity contribution in [2.24, 2.45) is 5.18 Å². The van der Waals surface area contributed by atoms with Crippen LogP contribution in [-0.4, -0.2) is 25.1 Å². The number of nitrogens with zero attached hydrogens (tertiary/aromatic N) is 2. The molecule has 0 aliphatic rings. The van der Waals surface area contributed by atoms with Crippen LogP contribution in [0, 0.1) is 11.8 Å². The van der Waals surface area contributed by atoms with Crippen LogP contribution in [0.2, 0.25) is 0 Å². The molecular weight excluding hydrogens is 286 g/mol. The van der Waals surface area contributed by atoms with Gasteiger partial charge >= 0.3 is 5.97 Å². The molecular formula is C15H15N3O4. The minimum absolute atomic E-state index is 0.0305. The van der Waals surface area contributed by atoms with Gasteiger partial charge in [0.2, 0.25) is 5.88 Å². The number of benzene rings is 1. The number of ether oxygens (including phenoxy) is 2. The molecule has 1 aromatic heterocycles. The third kappa shape index (κ3) is 3.20. The predicted molar refractivity (Wildman–Crippen MR) is 81.8 cm³/mol. The number of aromatic nitrogens is 1. The molecule has 22 heavy (non-hydrogen) atoms. The summed E-state index contributed by atoms with van der Waals surface area (Å²) in [6, 6.07) is 6.46. The summed E-state index contributed by atoms with van der Waals surface area (Å²) in [5.74, 6) is -0.296. The molecule has 7 nitrogen and oxygen atoms in total. The summed E-state index contributed by atoms with van der Waals surface area (Å²) < 4.78 is 10.3. The fourth-order valence-corrected chi connectivity index (χ4v) is 1.83. The zero-order valence-electron chi connectivity index (χ0n) is 12.4. The van der Waals surface area contributed by atoms with E-state index in [0.717, 1.165) is 11.3 Å². The van der Waals surface area contributed by atoms with Crippen molar-refractivity contribution in [1.29, 1.82) is 0 Å². The van der Waals surface area contributed by atoms with Gasteiger partial charge in [0.05, 0.1) is 7.11 Å². The second kappa shape index (κ2) is 6.66. The highest BCUT2D eigenvalue weighted by Gasteiger charge is 2.17. The molecule has 0 bridgehead atoms. The number of pyridine rings is 1. The highest BCUT2D eigenvalue weighted by Crippen LogP contribution is 2.33. The van der Waals surface area contributed by atoms with Crippen molar-refractivity contribution in [1.82, 2.24) is 4.98 Å². The Labute approximate surface area is 127 Å². The van der Waals surface area contributed by atoms with Gasteiger partial charge in [0, 0.05) is 18.9 Å². The summed E-state index contributed by atoms with van der Waals surface area (Å²) in [4.78, 5) is 26.8. The molecule has 0 unspecified atom stereocenters. The lowest BCUT2D eigenvalue weighted by atomic mass is 10.1. The van der Waals surface area contributed by atoms with Crippen LogP contribution in [0.4, 0.5) is 11.4 Å². The standard InChI is InChI=1S/C15H15N3O4/c1-9-6-12(18-20)14(17-8-9)22-13-5-4-10(16-2)7-11(13)15(19)21-3/h4-8,16H,1-3H3. The molecule has 0 saturated heterocycles. The largest absolute Gasteiger partial charge is 0.465 e. The molecule has 114 valence electrons. The Morgan fingerprint density at radius 3 is 2.73 bits per heavy atom. The van der Waals surface area contributed by atoms with Gasteiger partial charge < -0.3 is 14.8 Å². The van der Waals surface area contributed by atoms with E-state index in [-0.39, 0.29) is 22.9 Å². The molecule has 0 radical (unpaired) electrons. The van der Waals surface area contributed by atoms with Gasteiger partial charge in [-0.2, -0.15) is 0 Å². The number of rotatable bonds is 5. The number of anilines is 1. The van der Waals surface area contributed by atoms with Gasteiger partial charge in [0.25, 0.3) is 0 Å². The van der Waals surface area contributed by atoms with E-state index in [0.29, 0.717) is 0 Å². The summed E-state index contributed by atoms with van der Waals surface area (Å²) in [6.45, 7) is 1.78. The van der Waals surface area contributed by atoms with Crippen molar-refractivity contribution >= 4 is 17.3 Å². The van der Waals surface area contributed by atoms with E-state index in [9.17, 15) is 9.70 Å². The van der Waals surface area contributed by atoms with Gasteiger partial charge in [0.15, 0.2) is 5.69 Å². The molecule has 0 amide bonds. The Balaban J connectivity index is 2.45. The molecule has 0 atom stereocenters. The number of methoxy groups -OCH3 is 1. The number of hydrogen-bond donors (Lipinski definition) is 1. The molecule has 0 spiro atoms. The summed E-state index contributed by atoms with van der Waals surface area (Å²) in [5.41, 5.74) is 1.78. The first-order valence-corrected chi connectivity index (χ1v) is 6.47. The molecule has 0 aliphatic heterocycles. The van der Waals surface area contributed by atoms with Crippen molar-refractivity contribution in [2.45, 2.75) is 6.92 Å². The summed E-state index contributed by atoms with van der Waals surface area (Å²) >= 11 is 0. The maximum atomic E-state index is 11.9. The predicted octanol–water partition coefficient (Wildman–Crippen LogP) is 3.41. The van der Waals surface area contributed by atoms with Crippen LogP contribution >= 0.6 is 0 Å². The van der Waals surface area contributed by atoms with Crippen molar-refractivity contribution in [3.8, 4) is 11.6 Å². The van der Waals surface area contributed by atoms with Crippen LogP contribution in [0.5, 0.6) is 11.6 Å². The van der Waals surface area contributed by atoms with Crippen LogP contribution in [-0.2, 0) is 4.74 Å². The number of carbonyl (C=O) groups is 1. The number of esters is 1. The zero-order valence-corrected chi connectivity index (χ0v) is 12.4. The second-order valence-corrected chi connectivity index (χ2v) is 4.48. The normalized spacial score (nSPS) is 9.95. The van der Waals surface area contributed by atoms with Gasteiger partial charge in [0.1, 0.15) is 11.3 Å². The zero-order chi connectivity index (χ0) is 16.1. The van der Waals surface area contributed by atoms with E-state index < -0.39 is 5.97 Å². The van der Waals surface area contributed by atoms with E-state index >= 15 is 0 Å². The topological polar surface area (TPSA) is 89.9 Å². The van der Waals surface area contributed by atoms with E-state index in [1.165, 1.54) is 7.11 Å². The highest BCUT2D eigenvalue weighted by atomic mass is 16.5. The van der Waals surface area contributed by atoms with Crippen LogP contribution in [0.3, 0.4) is 0 Å². The minimum atomic E-state index is -0.556. The Morgan fingerprint density at radius 2 is 2.09 bits per heavy atom. The van der Waals surface area contributed by atoms with E-state index in [1.54, 1.807) is 44.4 Å². The van der Waals surface area contributed by atoms with E-state index in [2.05, 4.69) is 15.5 Å². The van der Waals surface area contributed by atoms with Crippen molar-refractivity contribution < 1.29 is 14.3 Å². The summed E-state index contributed by atoms with van der Waals surface area (Å²) in [7, 11) is 3.01. The summed E-state index contributed by atoms with van der Waals surface area (Å²) in [5, 5.41) is 5.81. The SMILES string of the molecule is CNc1ccc(Oc2ncc(C)cc2N=O)c(C(=O)OC)c1. The first-order chi connectivity index (χ1) is 10.6. The lowest BCUT2D eigenvalue weighted by molar-refractivity contribution is 0.0598. The third-order valence-electron chi connectivity index (χ3n) is 2.95. The van der Waals surface area contributed by atoms with E-state index in [1.807, 2.05) is 0 Å². The van der Waals surface area contributed by atoms with Gasteiger partial charge in [-0.1, -0.05) is 0 Å². The number of aryl methyl sites for hydroxylation is 1. The molecule has 1 aromatic carbocycles. The molecule has 0 aliphatic carbocycles. The number of nitrogens with one attached hydrogen (secondary N) is 1. The molecule has 7 heteroatoms. The fourth-order valence-electron chi connectivity index (χ4n) is 1.83. The number of hydrogen-bond acceptors (Lipinski definition) is 7. The molecule has 2 aromatic rings. The van der Waals surface area contributed by atoms with Crippen LogP contribution < -0.4 is 10.1 Å². The van der Waals surface area contributed by atoms with Crippen LogP contribution in [0.1, 0.15) is 15.9 Å². The van der Waals surface area contributed by atoms with Crippen molar-refractivity contribution in [2.75, 3.05) is 19.5 Å². The van der Waals surface area contributed by atoms with Crippen LogP contribution in [0.15, 0.2) is 35.6 Å². The first kappa shape index (κ1) is 15.4. The monoisotopic (exact) mass is 301 g/mol. The second-order valence-electron chi connectivity index (χ2n) is 4.48. The fraction of sp³-hybridized carbons (Fsp3) is 0.200. The lowest BCUT2D eigenvalue weighted by Crippen LogP contribution is -2.05. The average Bonchev–Trinajstić information content (AvgIpc) is 2.55. The van der Waals surface area contributed by atoms with Gasteiger partial charge in [-0.25, -0.2) is 9.78 Å². The van der Waals surface area contributed by atoms with Gasteiger partial charge in [-0.05, 0) is 41.9 Å². The maximum absolute atomic E-state index is 11.9. The minimum Gasteiger partial charge on any atom is -0.465 e. The molecule has 2 rings (SSSR count). The highest BCUT2D eigenvalue weighted by molar-refractivity contribution is 5.93. The van der Waals surface area contributed by atoms with Crippen LogP contribution in [0.25, 0.3) is 0 Å². The Kier molecular flexibility index (Phi) is 4.67. The van der Waals surface area contributed by atoms with E-state index in [4.69, 9.17) is 9.47 Å². The Morgan fingerprint density at radius 1 is 1.32 bits per heavy atom. The van der Waals surface area contributed by atoms with Gasteiger partial charge in [-0.3, -0.25) is 0 Å². The smallest absolute Gasteiger partial charge is 0.341 e. The third-order valence-corrected chi connectivity index (χ3v) is 2.95. The average molecular weight is 301 g/mol. The first-order valence-electron chi connectivity index (χ1n) is 6.47. The Bertz CT molecular complexity index is 716. The van der Waals surface area contributed by atoms with Crippen molar-refractivity contribution in [3.05, 3.63) is 46.5 Å². The Hall–Kier alpha value is -2.96. The number of carbonyl (C=O) groups excluding carboxylic acids is 1. The molecule has 0 fully saturated rings. The maximum Gasteiger partial charge on any atom is 0.341 e. The summed E-state index contributed by atoms with van der Waals surface area (Å²) in [6.07, 6.45) is 1.55. The number of nitroso groups, excluding NO2 is 1. The lowest BCUT2D eigenvalue weighted by Gasteiger charge is -2.11. The molecule has 1 N–H and O–H groups in total. The van der Waals surface area contributed by atoms with Crippen molar-refractivity contribution in [3.63, 3.8) is 0 Å². The van der Waals surface area contributed by atoms with Gasteiger partial charge in [-0.15, -0.1) is 4.91 Å². The quantitative estimate of drug-likeness (QED) is 0.672. The molecule has 0 saturated carbocycles.